The van der Waals surface area contributed by atoms with Gasteiger partial charge in [-0.2, -0.15) is 17.0 Å². The molecule has 0 aliphatic carbocycles. The summed E-state index contributed by atoms with van der Waals surface area (Å²) < 4.78 is 0. The molecule has 1 aromatic heterocycles. The summed E-state index contributed by atoms with van der Waals surface area (Å²) in [5, 5.41) is 12.6. The van der Waals surface area contributed by atoms with Crippen LogP contribution in [0.4, 0.5) is 11.5 Å². The number of rotatable bonds is 5. The fraction of sp³-hybridized carbons (Fsp3) is 0.250. The quantitative estimate of drug-likeness (QED) is 0.646. The Morgan fingerprint density at radius 2 is 1.86 bits per heavy atom. The minimum Gasteiger partial charge on any atom is -0.381 e. The summed E-state index contributed by atoms with van der Waals surface area (Å²) in [5.74, 6) is 3.44. The normalized spacial score (nSPS) is 13.7. The van der Waals surface area contributed by atoms with E-state index in [1.807, 2.05) is 42.2 Å². The van der Waals surface area contributed by atoms with Gasteiger partial charge in [0, 0.05) is 43.0 Å². The SMILES string of the molecule is Cc1c(NCc2ccc(N3CCSCC3)nc2)cccc1-c1ccc(C#N)cc1. The maximum atomic E-state index is 9.00. The Bertz CT molecular complexity index is 1000. The summed E-state index contributed by atoms with van der Waals surface area (Å²) in [7, 11) is 0. The van der Waals surface area contributed by atoms with Crippen molar-refractivity contribution in [2.24, 2.45) is 0 Å². The molecule has 1 aliphatic heterocycles. The Morgan fingerprint density at radius 1 is 1.07 bits per heavy atom. The van der Waals surface area contributed by atoms with E-state index in [-0.39, 0.29) is 0 Å². The van der Waals surface area contributed by atoms with Gasteiger partial charge in [-0.3, -0.25) is 0 Å². The van der Waals surface area contributed by atoms with E-state index in [9.17, 15) is 0 Å². The molecule has 0 amide bonds. The molecule has 0 spiro atoms. The molecule has 0 saturated carbocycles. The molecule has 3 aromatic rings. The number of nitrogens with one attached hydrogen (secondary N) is 1. The number of nitriles is 1. The zero-order valence-electron chi connectivity index (χ0n) is 16.6. The lowest BCUT2D eigenvalue weighted by Gasteiger charge is -2.27. The van der Waals surface area contributed by atoms with Crippen molar-refractivity contribution in [1.82, 2.24) is 4.98 Å². The summed E-state index contributed by atoms with van der Waals surface area (Å²) in [5.41, 5.74) is 6.46. The Kier molecular flexibility index (Phi) is 6.02. The van der Waals surface area contributed by atoms with Crippen molar-refractivity contribution in [3.05, 3.63) is 77.5 Å². The molecule has 29 heavy (non-hydrogen) atoms. The zero-order valence-corrected chi connectivity index (χ0v) is 17.4. The molecule has 4 rings (SSSR count). The third-order valence-corrected chi connectivity index (χ3v) is 6.23. The summed E-state index contributed by atoms with van der Waals surface area (Å²) in [6, 6.07) is 20.5. The molecule has 4 nitrogen and oxygen atoms in total. The summed E-state index contributed by atoms with van der Waals surface area (Å²) in [4.78, 5) is 7.03. The van der Waals surface area contributed by atoms with Crippen LogP contribution < -0.4 is 10.2 Å². The van der Waals surface area contributed by atoms with E-state index >= 15 is 0 Å². The number of thioether (sulfide) groups is 1. The Hall–Kier alpha value is -2.97. The van der Waals surface area contributed by atoms with Crippen LogP contribution in [0.1, 0.15) is 16.7 Å². The van der Waals surface area contributed by atoms with E-state index in [0.717, 1.165) is 36.7 Å². The number of hydrogen-bond donors (Lipinski definition) is 1. The molecule has 1 saturated heterocycles. The van der Waals surface area contributed by atoms with Crippen LogP contribution in [-0.2, 0) is 6.54 Å². The highest BCUT2D eigenvalue weighted by atomic mass is 32.2. The first-order valence-corrected chi connectivity index (χ1v) is 11.0. The first-order chi connectivity index (χ1) is 14.2. The molecule has 1 fully saturated rings. The maximum Gasteiger partial charge on any atom is 0.128 e. The van der Waals surface area contributed by atoms with E-state index in [0.29, 0.717) is 5.56 Å². The van der Waals surface area contributed by atoms with Gasteiger partial charge in [-0.1, -0.05) is 30.3 Å². The van der Waals surface area contributed by atoms with Gasteiger partial charge in [-0.25, -0.2) is 4.98 Å². The minimum absolute atomic E-state index is 0.680. The molecule has 0 radical (unpaired) electrons. The highest BCUT2D eigenvalue weighted by Crippen LogP contribution is 2.29. The maximum absolute atomic E-state index is 9.00. The van der Waals surface area contributed by atoms with Gasteiger partial charge in [-0.15, -0.1) is 0 Å². The van der Waals surface area contributed by atoms with Gasteiger partial charge >= 0.3 is 0 Å². The topological polar surface area (TPSA) is 52.0 Å². The molecule has 0 atom stereocenters. The number of hydrogen-bond acceptors (Lipinski definition) is 5. The van der Waals surface area contributed by atoms with Crippen molar-refractivity contribution in [3.8, 4) is 17.2 Å². The monoisotopic (exact) mass is 400 g/mol. The van der Waals surface area contributed by atoms with Crippen LogP contribution in [0.2, 0.25) is 0 Å². The number of anilines is 2. The van der Waals surface area contributed by atoms with E-state index in [2.05, 4.69) is 58.5 Å². The smallest absolute Gasteiger partial charge is 0.128 e. The Balaban J connectivity index is 1.45. The third-order valence-electron chi connectivity index (χ3n) is 5.29. The fourth-order valence-electron chi connectivity index (χ4n) is 3.56. The number of pyridine rings is 1. The molecule has 5 heteroatoms. The van der Waals surface area contributed by atoms with E-state index in [4.69, 9.17) is 5.26 Å². The van der Waals surface area contributed by atoms with Crippen LogP contribution in [-0.4, -0.2) is 29.6 Å². The molecule has 2 aromatic carbocycles. The average molecular weight is 401 g/mol. The number of aromatic nitrogens is 1. The second-order valence-corrected chi connectivity index (χ2v) is 8.37. The van der Waals surface area contributed by atoms with Crippen molar-refractivity contribution in [2.75, 3.05) is 34.8 Å². The lowest BCUT2D eigenvalue weighted by Crippen LogP contribution is -2.33. The van der Waals surface area contributed by atoms with Crippen LogP contribution >= 0.6 is 11.8 Å². The second kappa shape index (κ2) is 9.02. The largest absolute Gasteiger partial charge is 0.381 e. The standard InChI is InChI=1S/C24H24N4S/c1-18-22(21-8-5-19(15-25)6-9-21)3-2-4-23(18)26-16-20-7-10-24(27-17-20)28-11-13-29-14-12-28/h2-10,17,26H,11-14,16H2,1H3. The lowest BCUT2D eigenvalue weighted by atomic mass is 9.98. The molecule has 1 N–H and O–H groups in total. The van der Waals surface area contributed by atoms with Gasteiger partial charge in [0.05, 0.1) is 11.6 Å². The van der Waals surface area contributed by atoms with E-state index in [1.165, 1.54) is 28.2 Å². The van der Waals surface area contributed by atoms with Crippen LogP contribution in [0.3, 0.4) is 0 Å². The molecule has 2 heterocycles. The van der Waals surface area contributed by atoms with Gasteiger partial charge in [0.15, 0.2) is 0 Å². The zero-order chi connectivity index (χ0) is 20.1. The van der Waals surface area contributed by atoms with Crippen molar-refractivity contribution in [1.29, 1.82) is 5.26 Å². The molecule has 0 bridgehead atoms. The van der Waals surface area contributed by atoms with Crippen LogP contribution in [0.5, 0.6) is 0 Å². The van der Waals surface area contributed by atoms with Crippen molar-refractivity contribution in [2.45, 2.75) is 13.5 Å². The fourth-order valence-corrected chi connectivity index (χ4v) is 4.47. The first kappa shape index (κ1) is 19.4. The molecule has 1 aliphatic rings. The third kappa shape index (κ3) is 4.55. The van der Waals surface area contributed by atoms with Crippen LogP contribution in [0.15, 0.2) is 60.8 Å². The Labute approximate surface area is 176 Å². The number of benzene rings is 2. The second-order valence-electron chi connectivity index (χ2n) is 7.14. The highest BCUT2D eigenvalue weighted by Gasteiger charge is 2.12. The minimum atomic E-state index is 0.680. The molecule has 0 unspecified atom stereocenters. The van der Waals surface area contributed by atoms with Crippen LogP contribution in [0, 0.1) is 18.3 Å². The first-order valence-electron chi connectivity index (χ1n) is 9.86. The van der Waals surface area contributed by atoms with Gasteiger partial charge in [-0.05, 0) is 53.4 Å². The predicted molar refractivity (Wildman–Crippen MR) is 122 cm³/mol. The van der Waals surface area contributed by atoms with Crippen LogP contribution in [0.25, 0.3) is 11.1 Å². The van der Waals surface area contributed by atoms with Crippen molar-refractivity contribution in [3.63, 3.8) is 0 Å². The van der Waals surface area contributed by atoms with E-state index in [1.54, 1.807) is 0 Å². The van der Waals surface area contributed by atoms with Gasteiger partial charge in [0.25, 0.3) is 0 Å². The van der Waals surface area contributed by atoms with Gasteiger partial charge in [0.1, 0.15) is 5.82 Å². The number of nitrogens with zero attached hydrogens (tertiary/aromatic N) is 3. The van der Waals surface area contributed by atoms with Gasteiger partial charge in [0.2, 0.25) is 0 Å². The Morgan fingerprint density at radius 3 is 2.55 bits per heavy atom. The summed E-state index contributed by atoms with van der Waals surface area (Å²) in [6.07, 6.45) is 1.98. The predicted octanol–water partition coefficient (Wildman–Crippen LogP) is 5.09. The highest BCUT2D eigenvalue weighted by molar-refractivity contribution is 7.99. The van der Waals surface area contributed by atoms with Crippen molar-refractivity contribution >= 4 is 23.3 Å². The van der Waals surface area contributed by atoms with E-state index < -0.39 is 0 Å². The molecular weight excluding hydrogens is 376 g/mol. The van der Waals surface area contributed by atoms with Crippen molar-refractivity contribution < 1.29 is 0 Å². The molecular formula is C24H24N4S. The molecule has 146 valence electrons. The lowest BCUT2D eigenvalue weighted by molar-refractivity contribution is 0.837. The summed E-state index contributed by atoms with van der Waals surface area (Å²) in [6.45, 7) is 5.03. The summed E-state index contributed by atoms with van der Waals surface area (Å²) >= 11 is 2.01. The average Bonchev–Trinajstić information content (AvgIpc) is 2.79. The van der Waals surface area contributed by atoms with Gasteiger partial charge < -0.3 is 10.2 Å².